The van der Waals surface area contributed by atoms with Crippen LogP contribution in [0.2, 0.25) is 0 Å². The molecular formula is C22H31N3O2. The van der Waals surface area contributed by atoms with E-state index in [0.29, 0.717) is 18.6 Å². The van der Waals surface area contributed by atoms with Gasteiger partial charge in [0, 0.05) is 43.5 Å². The van der Waals surface area contributed by atoms with Crippen LogP contribution in [0.4, 0.5) is 0 Å². The van der Waals surface area contributed by atoms with Crippen molar-refractivity contribution in [1.29, 1.82) is 0 Å². The molecule has 0 radical (unpaired) electrons. The number of fused-ring (bicyclic) bond motifs is 2. The number of benzene rings is 1. The van der Waals surface area contributed by atoms with E-state index >= 15 is 0 Å². The smallest absolute Gasteiger partial charge is 0.251 e. The molecule has 2 aliphatic rings. The molecule has 0 saturated carbocycles. The Morgan fingerprint density at radius 1 is 1.19 bits per heavy atom. The number of piperidine rings is 2. The second-order valence-corrected chi connectivity index (χ2v) is 7.99. The van der Waals surface area contributed by atoms with Crippen LogP contribution < -0.4 is 5.32 Å². The van der Waals surface area contributed by atoms with Gasteiger partial charge in [-0.25, -0.2) is 0 Å². The molecule has 0 aliphatic carbocycles. The van der Waals surface area contributed by atoms with Gasteiger partial charge in [0.25, 0.3) is 5.91 Å². The second-order valence-electron chi connectivity index (χ2n) is 7.99. The molecule has 1 amide bonds. The van der Waals surface area contributed by atoms with E-state index in [9.17, 15) is 4.79 Å². The van der Waals surface area contributed by atoms with Gasteiger partial charge >= 0.3 is 0 Å². The number of carbonyl (C=O) groups is 1. The lowest BCUT2D eigenvalue weighted by Gasteiger charge is -2.44. The van der Waals surface area contributed by atoms with Crippen LogP contribution in [0.1, 0.15) is 42.5 Å². The molecule has 27 heavy (non-hydrogen) atoms. The van der Waals surface area contributed by atoms with E-state index in [1.165, 1.54) is 45.2 Å². The Hall–Kier alpha value is -1.85. The first kappa shape index (κ1) is 18.5. The van der Waals surface area contributed by atoms with Crippen LogP contribution >= 0.6 is 0 Å². The first-order valence-corrected chi connectivity index (χ1v) is 10.4. The summed E-state index contributed by atoms with van der Waals surface area (Å²) in [6.45, 7) is 4.74. The van der Waals surface area contributed by atoms with Gasteiger partial charge in [-0.1, -0.05) is 12.5 Å². The third-order valence-electron chi connectivity index (χ3n) is 6.33. The molecule has 1 N–H and O–H groups in total. The maximum Gasteiger partial charge on any atom is 0.251 e. The average molecular weight is 370 g/mol. The Kier molecular flexibility index (Phi) is 5.79. The van der Waals surface area contributed by atoms with E-state index in [1.54, 1.807) is 7.11 Å². The summed E-state index contributed by atoms with van der Waals surface area (Å²) in [7, 11) is 1.71. The fourth-order valence-corrected chi connectivity index (χ4v) is 4.85. The van der Waals surface area contributed by atoms with E-state index < -0.39 is 0 Å². The lowest BCUT2D eigenvalue weighted by Crippen LogP contribution is -2.51. The number of ether oxygens (including phenoxy) is 1. The van der Waals surface area contributed by atoms with Gasteiger partial charge in [0.05, 0.1) is 6.61 Å². The van der Waals surface area contributed by atoms with Crippen molar-refractivity contribution >= 4 is 16.8 Å². The molecule has 2 saturated heterocycles. The van der Waals surface area contributed by atoms with Crippen LogP contribution in [-0.4, -0.2) is 54.8 Å². The second kappa shape index (κ2) is 8.44. The van der Waals surface area contributed by atoms with E-state index in [-0.39, 0.29) is 5.91 Å². The summed E-state index contributed by atoms with van der Waals surface area (Å²) in [4.78, 5) is 15.4. The fraction of sp³-hybridized carbons (Fsp3) is 0.591. The van der Waals surface area contributed by atoms with Crippen LogP contribution in [0.5, 0.6) is 0 Å². The molecule has 2 fully saturated rings. The number of nitrogens with one attached hydrogen (secondary N) is 1. The summed E-state index contributed by atoms with van der Waals surface area (Å²) in [6, 6.07) is 8.74. The molecule has 1 aromatic carbocycles. The Morgan fingerprint density at radius 3 is 2.96 bits per heavy atom. The predicted molar refractivity (Wildman–Crippen MR) is 108 cm³/mol. The van der Waals surface area contributed by atoms with Crippen molar-refractivity contribution in [3.05, 3.63) is 36.0 Å². The van der Waals surface area contributed by atoms with E-state index in [0.717, 1.165) is 29.6 Å². The van der Waals surface area contributed by atoms with Crippen LogP contribution in [-0.2, 0) is 11.3 Å². The maximum atomic E-state index is 12.8. The van der Waals surface area contributed by atoms with Crippen LogP contribution in [0.15, 0.2) is 30.5 Å². The highest BCUT2D eigenvalue weighted by molar-refractivity contribution is 5.98. The largest absolute Gasteiger partial charge is 0.383 e. The standard InChI is InChI=1S/C22H31N3O2/c1-27-14-13-25-12-9-17-7-8-18(15-21(17)25)22(26)23-16-19-5-4-11-24-10-3-2-6-20(19)24/h7-9,12,15,19-20H,2-6,10-11,13-14,16H2,1H3,(H,23,26)/t19-,20+/m1/s1. The van der Waals surface area contributed by atoms with E-state index in [2.05, 4.69) is 27.0 Å². The van der Waals surface area contributed by atoms with Gasteiger partial charge in [0.2, 0.25) is 0 Å². The summed E-state index contributed by atoms with van der Waals surface area (Å²) in [5.41, 5.74) is 1.84. The number of rotatable bonds is 6. The number of nitrogens with zero attached hydrogens (tertiary/aromatic N) is 2. The third-order valence-corrected chi connectivity index (χ3v) is 6.33. The van der Waals surface area contributed by atoms with Gasteiger partial charge in [-0.15, -0.1) is 0 Å². The van der Waals surface area contributed by atoms with E-state index in [1.807, 2.05) is 18.2 Å². The maximum absolute atomic E-state index is 12.8. The molecule has 3 heterocycles. The summed E-state index contributed by atoms with van der Waals surface area (Å²) < 4.78 is 7.34. The monoisotopic (exact) mass is 369 g/mol. The predicted octanol–water partition coefficient (Wildman–Crippen LogP) is 3.28. The SMILES string of the molecule is COCCn1ccc2ccc(C(=O)NC[C@H]3CCCN4CCCC[C@@H]34)cc21. The summed E-state index contributed by atoms with van der Waals surface area (Å²) in [6.07, 6.45) is 8.51. The molecule has 2 aromatic rings. The highest BCUT2D eigenvalue weighted by Crippen LogP contribution is 2.30. The highest BCUT2D eigenvalue weighted by atomic mass is 16.5. The normalized spacial score (nSPS) is 23.3. The molecule has 5 nitrogen and oxygen atoms in total. The molecule has 0 spiro atoms. The van der Waals surface area contributed by atoms with Crippen molar-refractivity contribution in [3.63, 3.8) is 0 Å². The zero-order valence-corrected chi connectivity index (χ0v) is 16.3. The van der Waals surface area contributed by atoms with Crippen molar-refractivity contribution < 1.29 is 9.53 Å². The molecule has 2 atom stereocenters. The summed E-state index contributed by atoms with van der Waals surface area (Å²) >= 11 is 0. The van der Waals surface area contributed by atoms with Crippen molar-refractivity contribution in [2.75, 3.05) is 33.4 Å². The number of hydrogen-bond acceptors (Lipinski definition) is 3. The van der Waals surface area contributed by atoms with Gasteiger partial charge in [0.1, 0.15) is 0 Å². The minimum Gasteiger partial charge on any atom is -0.383 e. The minimum atomic E-state index is 0.0457. The number of carbonyl (C=O) groups excluding carboxylic acids is 1. The fourth-order valence-electron chi connectivity index (χ4n) is 4.85. The van der Waals surface area contributed by atoms with Gasteiger partial charge in [-0.3, -0.25) is 4.79 Å². The zero-order chi connectivity index (χ0) is 18.6. The van der Waals surface area contributed by atoms with Crippen molar-refractivity contribution in [1.82, 2.24) is 14.8 Å². The molecule has 0 unspecified atom stereocenters. The molecular weight excluding hydrogens is 338 g/mol. The molecule has 4 rings (SSSR count). The quantitative estimate of drug-likeness (QED) is 0.850. The number of amides is 1. The number of methoxy groups -OCH3 is 1. The van der Waals surface area contributed by atoms with Crippen LogP contribution in [0.25, 0.3) is 10.9 Å². The van der Waals surface area contributed by atoms with Gasteiger partial charge in [0.15, 0.2) is 0 Å². The molecule has 5 heteroatoms. The summed E-state index contributed by atoms with van der Waals surface area (Å²) in [5.74, 6) is 0.640. The van der Waals surface area contributed by atoms with Gasteiger partial charge in [-0.2, -0.15) is 0 Å². The number of aromatic nitrogens is 1. The van der Waals surface area contributed by atoms with Gasteiger partial charge in [-0.05, 0) is 68.3 Å². The summed E-state index contributed by atoms with van der Waals surface area (Å²) in [5, 5.41) is 4.38. The molecule has 146 valence electrons. The number of hydrogen-bond donors (Lipinski definition) is 1. The first-order chi connectivity index (χ1) is 13.3. The van der Waals surface area contributed by atoms with E-state index in [4.69, 9.17) is 4.74 Å². The van der Waals surface area contributed by atoms with Crippen molar-refractivity contribution in [3.8, 4) is 0 Å². The Morgan fingerprint density at radius 2 is 2.07 bits per heavy atom. The highest BCUT2D eigenvalue weighted by Gasteiger charge is 2.32. The minimum absolute atomic E-state index is 0.0457. The van der Waals surface area contributed by atoms with Gasteiger partial charge < -0.3 is 19.5 Å². The van der Waals surface area contributed by atoms with Crippen LogP contribution in [0, 0.1) is 5.92 Å². The van der Waals surface area contributed by atoms with Crippen LogP contribution in [0.3, 0.4) is 0 Å². The first-order valence-electron chi connectivity index (χ1n) is 10.4. The third kappa shape index (κ3) is 4.04. The molecule has 2 aliphatic heterocycles. The Bertz CT molecular complexity index is 783. The Labute approximate surface area is 161 Å². The zero-order valence-electron chi connectivity index (χ0n) is 16.3. The lowest BCUT2D eigenvalue weighted by atomic mass is 9.83. The molecule has 1 aromatic heterocycles. The average Bonchev–Trinajstić information content (AvgIpc) is 3.12. The topological polar surface area (TPSA) is 46.5 Å². The lowest BCUT2D eigenvalue weighted by molar-refractivity contribution is 0.0575. The molecule has 0 bridgehead atoms. The van der Waals surface area contributed by atoms with Crippen molar-refractivity contribution in [2.24, 2.45) is 5.92 Å². The Balaban J connectivity index is 1.41. The van der Waals surface area contributed by atoms with Crippen molar-refractivity contribution in [2.45, 2.75) is 44.7 Å².